The number of carboxylic acid groups (broad SMARTS) is 1. The minimum atomic E-state index is -0.909. The van der Waals surface area contributed by atoms with E-state index in [1.807, 2.05) is 21.1 Å². The third-order valence-electron chi connectivity index (χ3n) is 5.53. The monoisotopic (exact) mass is 496 g/mol. The van der Waals surface area contributed by atoms with Crippen molar-refractivity contribution in [3.63, 3.8) is 0 Å². The fourth-order valence-corrected chi connectivity index (χ4v) is 3.45. The van der Waals surface area contributed by atoms with E-state index >= 15 is 0 Å². The molecule has 0 radical (unpaired) electrons. The van der Waals surface area contributed by atoms with Crippen molar-refractivity contribution in [1.82, 2.24) is 0 Å². The van der Waals surface area contributed by atoms with Crippen LogP contribution in [0.4, 0.5) is 0 Å². The second-order valence-electron chi connectivity index (χ2n) is 9.77. The topological polar surface area (TPSA) is 93.1 Å². The zero-order valence-electron chi connectivity index (χ0n) is 22.5. The van der Waals surface area contributed by atoms with Gasteiger partial charge in [-0.15, -0.1) is 0 Å². The highest BCUT2D eigenvalue weighted by Crippen LogP contribution is 2.10. The predicted molar refractivity (Wildman–Crippen MR) is 141 cm³/mol. The van der Waals surface area contributed by atoms with Crippen molar-refractivity contribution < 1.29 is 33.8 Å². The largest absolute Gasteiger partial charge is 0.477 e. The normalized spacial score (nSPS) is 14.2. The number of quaternary nitrogens is 1. The number of carbonyl (C=O) groups excluding carboxylic acids is 1. The molecule has 0 saturated carbocycles. The van der Waals surface area contributed by atoms with E-state index < -0.39 is 18.1 Å². The first-order valence-electron chi connectivity index (χ1n) is 13.1. The van der Waals surface area contributed by atoms with E-state index in [9.17, 15) is 19.8 Å². The Morgan fingerprint density at radius 2 is 1.46 bits per heavy atom. The van der Waals surface area contributed by atoms with Gasteiger partial charge in [-0.25, -0.2) is 4.79 Å². The van der Waals surface area contributed by atoms with Crippen LogP contribution in [0.2, 0.25) is 0 Å². The second-order valence-corrected chi connectivity index (χ2v) is 9.77. The molecule has 7 heteroatoms. The Morgan fingerprint density at radius 3 is 2.09 bits per heavy atom. The van der Waals surface area contributed by atoms with Gasteiger partial charge in [-0.2, -0.15) is 0 Å². The van der Waals surface area contributed by atoms with Gasteiger partial charge in [0.05, 0.1) is 34.4 Å². The molecule has 0 aromatic rings. The summed E-state index contributed by atoms with van der Waals surface area (Å²) in [7, 11) is 5.46. The van der Waals surface area contributed by atoms with Crippen molar-refractivity contribution >= 4 is 11.9 Å². The van der Waals surface area contributed by atoms with Crippen LogP contribution in [0.5, 0.6) is 0 Å². The summed E-state index contributed by atoms with van der Waals surface area (Å²) in [5, 5.41) is 19.2. The number of nitrogens with zero attached hydrogens (tertiary/aromatic N) is 1. The Hall–Kier alpha value is -1.96. The lowest BCUT2D eigenvalue weighted by atomic mass is 10.1. The quantitative estimate of drug-likeness (QED) is 0.0943. The molecule has 7 nitrogen and oxygen atoms in total. The molecule has 0 bridgehead atoms. The number of hydrogen-bond donors (Lipinski definition) is 2. The summed E-state index contributed by atoms with van der Waals surface area (Å²) in [5.41, 5.74) is 0. The molecule has 0 aliphatic heterocycles. The number of hydrogen-bond acceptors (Lipinski definition) is 5. The van der Waals surface area contributed by atoms with E-state index in [-0.39, 0.29) is 25.8 Å². The van der Waals surface area contributed by atoms with Gasteiger partial charge in [0.25, 0.3) is 0 Å². The molecule has 0 aromatic carbocycles. The minimum absolute atomic E-state index is 0.0117. The SMILES string of the molecule is CC/C=C\C/C=C\C/C=C\CCCCCCCC(=O)OCC(O)COCCC(C(=O)O)[N+](C)(C)C. The number of aliphatic carboxylic acids is 1. The van der Waals surface area contributed by atoms with Crippen molar-refractivity contribution in [2.24, 2.45) is 0 Å². The van der Waals surface area contributed by atoms with Crippen LogP contribution in [0.15, 0.2) is 36.5 Å². The average molecular weight is 497 g/mol. The molecule has 0 heterocycles. The first kappa shape index (κ1) is 33.0. The fourth-order valence-electron chi connectivity index (χ4n) is 3.45. The van der Waals surface area contributed by atoms with Gasteiger partial charge in [0.2, 0.25) is 0 Å². The van der Waals surface area contributed by atoms with Gasteiger partial charge in [-0.3, -0.25) is 4.79 Å². The summed E-state index contributed by atoms with van der Waals surface area (Å²) in [6, 6.07) is -0.577. The highest BCUT2D eigenvalue weighted by molar-refractivity contribution is 5.72. The van der Waals surface area contributed by atoms with Crippen molar-refractivity contribution in [2.75, 3.05) is 41.0 Å². The fraction of sp³-hybridized carbons (Fsp3) is 0.714. The Balaban J connectivity index is 3.63. The lowest BCUT2D eigenvalue weighted by Crippen LogP contribution is -2.50. The number of allylic oxidation sites excluding steroid dienone is 6. The van der Waals surface area contributed by atoms with Gasteiger partial charge in [0.15, 0.2) is 6.04 Å². The van der Waals surface area contributed by atoms with Crippen LogP contribution >= 0.6 is 0 Å². The van der Waals surface area contributed by atoms with E-state index in [0.717, 1.165) is 57.8 Å². The van der Waals surface area contributed by atoms with Crippen molar-refractivity contribution in [3.8, 4) is 0 Å². The molecule has 0 amide bonds. The zero-order valence-corrected chi connectivity index (χ0v) is 22.5. The van der Waals surface area contributed by atoms with Crippen molar-refractivity contribution in [2.45, 2.75) is 89.7 Å². The lowest BCUT2D eigenvalue weighted by Gasteiger charge is -2.31. The Kier molecular flexibility index (Phi) is 20.1. The Morgan fingerprint density at radius 1 is 0.857 bits per heavy atom. The van der Waals surface area contributed by atoms with Crippen LogP contribution in [0, 0.1) is 0 Å². The van der Waals surface area contributed by atoms with E-state index in [2.05, 4.69) is 43.4 Å². The molecule has 2 N–H and O–H groups in total. The molecular formula is C28H50NO6+. The van der Waals surface area contributed by atoms with Crippen LogP contribution in [0.25, 0.3) is 0 Å². The molecular weight excluding hydrogens is 446 g/mol. The molecule has 0 aliphatic rings. The lowest BCUT2D eigenvalue weighted by molar-refractivity contribution is -0.887. The van der Waals surface area contributed by atoms with E-state index in [1.165, 1.54) is 0 Å². The molecule has 2 atom stereocenters. The van der Waals surface area contributed by atoms with Crippen molar-refractivity contribution in [3.05, 3.63) is 36.5 Å². The minimum Gasteiger partial charge on any atom is -0.477 e. The third kappa shape index (κ3) is 21.1. The Bertz CT molecular complexity index is 636. The van der Waals surface area contributed by atoms with Gasteiger partial charge in [0, 0.05) is 12.8 Å². The molecule has 0 spiro atoms. The molecule has 0 aromatic heterocycles. The maximum Gasteiger partial charge on any atom is 0.362 e. The van der Waals surface area contributed by atoms with Crippen LogP contribution in [-0.2, 0) is 19.1 Å². The number of ether oxygens (including phenoxy) is 2. The van der Waals surface area contributed by atoms with Crippen LogP contribution in [-0.4, -0.2) is 79.7 Å². The summed E-state index contributed by atoms with van der Waals surface area (Å²) in [6.07, 6.45) is 22.4. The molecule has 35 heavy (non-hydrogen) atoms. The number of carbonyl (C=O) groups is 2. The predicted octanol–water partition coefficient (Wildman–Crippen LogP) is 5.05. The smallest absolute Gasteiger partial charge is 0.362 e. The van der Waals surface area contributed by atoms with Gasteiger partial charge in [0.1, 0.15) is 12.7 Å². The first-order valence-corrected chi connectivity index (χ1v) is 13.1. The number of likely N-dealkylation sites (N-methyl/N-ethyl adjacent to an activating group) is 1. The maximum atomic E-state index is 11.8. The summed E-state index contributed by atoms with van der Waals surface area (Å²) in [6.45, 7) is 2.27. The molecule has 202 valence electrons. The summed E-state index contributed by atoms with van der Waals surface area (Å²) in [5.74, 6) is -1.18. The summed E-state index contributed by atoms with van der Waals surface area (Å²) < 4.78 is 10.8. The number of esters is 1. The van der Waals surface area contributed by atoms with E-state index in [0.29, 0.717) is 17.3 Å². The average Bonchev–Trinajstić information content (AvgIpc) is 2.79. The van der Waals surface area contributed by atoms with Crippen molar-refractivity contribution in [1.29, 1.82) is 0 Å². The van der Waals surface area contributed by atoms with E-state index in [4.69, 9.17) is 9.47 Å². The highest BCUT2D eigenvalue weighted by atomic mass is 16.5. The standard InChI is InChI=1S/C28H49NO6/c1-5-6-7-8-9-10-11-12-13-14-15-16-17-18-19-20-27(31)35-24-25(30)23-34-22-21-26(28(32)33)29(2,3)4/h6-7,9-10,12-13,25-26,30H,5,8,11,14-24H2,1-4H3/p+1/b7-6-,10-9-,13-12-. The molecule has 0 aliphatic carbocycles. The van der Waals surface area contributed by atoms with E-state index in [1.54, 1.807) is 0 Å². The highest BCUT2D eigenvalue weighted by Gasteiger charge is 2.30. The van der Waals surface area contributed by atoms with Crippen LogP contribution < -0.4 is 0 Å². The third-order valence-corrected chi connectivity index (χ3v) is 5.53. The van der Waals surface area contributed by atoms with Crippen LogP contribution in [0.1, 0.15) is 77.6 Å². The molecule has 0 fully saturated rings. The van der Waals surface area contributed by atoms with Gasteiger partial charge < -0.3 is 24.2 Å². The van der Waals surface area contributed by atoms with Gasteiger partial charge >= 0.3 is 11.9 Å². The summed E-state index contributed by atoms with van der Waals surface area (Å²) in [4.78, 5) is 23.1. The molecule has 0 saturated heterocycles. The first-order chi connectivity index (χ1) is 16.7. The Labute approximate surface area is 213 Å². The number of rotatable bonds is 22. The maximum absolute atomic E-state index is 11.8. The van der Waals surface area contributed by atoms with Crippen LogP contribution in [0.3, 0.4) is 0 Å². The van der Waals surface area contributed by atoms with Gasteiger partial charge in [-0.1, -0.05) is 62.6 Å². The zero-order chi connectivity index (χ0) is 26.4. The number of aliphatic hydroxyl groups is 1. The number of carboxylic acids is 1. The molecule has 2 unspecified atom stereocenters. The molecule has 0 rings (SSSR count). The number of aliphatic hydroxyl groups excluding tert-OH is 1. The number of unbranched alkanes of at least 4 members (excludes halogenated alkanes) is 5. The van der Waals surface area contributed by atoms with Gasteiger partial charge in [-0.05, 0) is 38.5 Å². The summed E-state index contributed by atoms with van der Waals surface area (Å²) >= 11 is 0. The second kappa shape index (κ2) is 21.3.